The zero-order chi connectivity index (χ0) is 17.9. The Morgan fingerprint density at radius 1 is 1.27 bits per heavy atom. The van der Waals surface area contributed by atoms with Gasteiger partial charge in [0.15, 0.2) is 17.1 Å². The number of benzene rings is 1. The van der Waals surface area contributed by atoms with Crippen LogP contribution in [0.5, 0.6) is 11.5 Å². The average Bonchev–Trinajstić information content (AvgIpc) is 3.09. The first-order valence-corrected chi connectivity index (χ1v) is 7.84. The van der Waals surface area contributed by atoms with Crippen LogP contribution in [0, 0.1) is 11.3 Å². The largest absolute Gasteiger partial charge is 0.486 e. The molecule has 1 aliphatic heterocycles. The molecule has 0 radical (unpaired) electrons. The highest BCUT2D eigenvalue weighted by Crippen LogP contribution is 2.32. The summed E-state index contributed by atoms with van der Waals surface area (Å²) in [6.45, 7) is 0.950. The summed E-state index contributed by atoms with van der Waals surface area (Å²) in [5.74, 6) is 0.670. The number of carbonyl (C=O) groups is 1. The molecule has 128 valence electrons. The van der Waals surface area contributed by atoms with Gasteiger partial charge in [0.1, 0.15) is 24.9 Å². The molecule has 8 nitrogen and oxygen atoms in total. The van der Waals surface area contributed by atoms with Crippen LogP contribution in [-0.4, -0.2) is 33.5 Å². The molecule has 0 saturated carbocycles. The molecule has 4 rings (SSSR count). The predicted molar refractivity (Wildman–Crippen MR) is 92.6 cm³/mol. The number of nitrogens with zero attached hydrogens (tertiary/aromatic N) is 4. The van der Waals surface area contributed by atoms with Crippen molar-refractivity contribution in [1.82, 2.24) is 14.4 Å². The van der Waals surface area contributed by atoms with Crippen molar-refractivity contribution >= 4 is 23.3 Å². The van der Waals surface area contributed by atoms with E-state index in [1.165, 1.54) is 6.08 Å². The number of carbonyl (C=O) groups excluding carboxylic acids is 1. The molecule has 0 saturated heterocycles. The molecule has 0 bridgehead atoms. The first-order valence-electron chi connectivity index (χ1n) is 7.84. The number of hydrogen-bond acceptors (Lipinski definition) is 6. The van der Waals surface area contributed by atoms with Crippen LogP contribution < -0.4 is 14.8 Å². The van der Waals surface area contributed by atoms with E-state index in [2.05, 4.69) is 15.3 Å². The van der Waals surface area contributed by atoms with Gasteiger partial charge in [-0.05, 0) is 18.2 Å². The number of imidazole rings is 1. The van der Waals surface area contributed by atoms with Crippen molar-refractivity contribution in [2.75, 3.05) is 18.5 Å². The molecule has 26 heavy (non-hydrogen) atoms. The van der Waals surface area contributed by atoms with Crippen molar-refractivity contribution < 1.29 is 14.3 Å². The second-order valence-corrected chi connectivity index (χ2v) is 5.47. The van der Waals surface area contributed by atoms with Gasteiger partial charge in [-0.2, -0.15) is 5.26 Å². The van der Waals surface area contributed by atoms with Gasteiger partial charge < -0.3 is 14.8 Å². The van der Waals surface area contributed by atoms with E-state index < -0.39 is 5.91 Å². The molecule has 3 heterocycles. The molecule has 0 atom stereocenters. The maximum atomic E-state index is 12.5. The Morgan fingerprint density at radius 2 is 2.12 bits per heavy atom. The van der Waals surface area contributed by atoms with Crippen LogP contribution in [0.1, 0.15) is 5.69 Å². The molecule has 3 aromatic rings. The molecule has 8 heteroatoms. The van der Waals surface area contributed by atoms with Crippen molar-refractivity contribution in [2.45, 2.75) is 0 Å². The average molecular weight is 347 g/mol. The van der Waals surface area contributed by atoms with Gasteiger partial charge in [0.2, 0.25) is 0 Å². The van der Waals surface area contributed by atoms with E-state index in [-0.39, 0.29) is 5.57 Å². The highest BCUT2D eigenvalue weighted by atomic mass is 16.6. The van der Waals surface area contributed by atoms with Crippen molar-refractivity contribution in [3.05, 3.63) is 54.3 Å². The summed E-state index contributed by atoms with van der Waals surface area (Å²) in [4.78, 5) is 20.6. The lowest BCUT2D eigenvalue weighted by molar-refractivity contribution is -0.112. The van der Waals surface area contributed by atoms with Gasteiger partial charge in [0.25, 0.3) is 5.91 Å². The maximum absolute atomic E-state index is 12.5. The van der Waals surface area contributed by atoms with Gasteiger partial charge in [0.05, 0.1) is 18.1 Å². The van der Waals surface area contributed by atoms with E-state index in [1.807, 2.05) is 6.07 Å². The van der Waals surface area contributed by atoms with Gasteiger partial charge in [-0.25, -0.2) is 4.98 Å². The summed E-state index contributed by atoms with van der Waals surface area (Å²) < 4.78 is 12.7. The highest BCUT2D eigenvalue weighted by molar-refractivity contribution is 6.09. The lowest BCUT2D eigenvalue weighted by Crippen LogP contribution is -2.17. The smallest absolute Gasteiger partial charge is 0.266 e. The molecule has 1 amide bonds. The Labute approximate surface area is 148 Å². The van der Waals surface area contributed by atoms with Crippen LogP contribution in [0.15, 0.2) is 48.6 Å². The molecular formula is C18H13N5O3. The van der Waals surface area contributed by atoms with Crippen molar-refractivity contribution in [3.8, 4) is 17.6 Å². The number of anilines is 1. The molecule has 1 N–H and O–H groups in total. The zero-order valence-electron chi connectivity index (χ0n) is 13.5. The number of amides is 1. The van der Waals surface area contributed by atoms with Gasteiger partial charge >= 0.3 is 0 Å². The molecule has 0 aliphatic carbocycles. The zero-order valence-corrected chi connectivity index (χ0v) is 13.5. The van der Waals surface area contributed by atoms with E-state index in [0.717, 1.165) is 0 Å². The number of aromatic nitrogens is 3. The standard InChI is InChI=1S/C18H13N5O3/c19-9-12(7-14-10-21-17-11-20-3-4-23(14)17)18(24)22-13-1-2-15-16(8-13)26-6-5-25-15/h1-4,7-8,10-11H,5-6H2,(H,22,24). The van der Waals surface area contributed by atoms with Gasteiger partial charge in [-0.3, -0.25) is 14.2 Å². The lowest BCUT2D eigenvalue weighted by Gasteiger charge is -2.18. The summed E-state index contributed by atoms with van der Waals surface area (Å²) >= 11 is 0. The van der Waals surface area contributed by atoms with Gasteiger partial charge in [-0.1, -0.05) is 0 Å². The summed E-state index contributed by atoms with van der Waals surface area (Å²) in [6.07, 6.45) is 7.97. The Bertz CT molecular complexity index is 1060. The van der Waals surface area contributed by atoms with Crippen LogP contribution in [0.25, 0.3) is 11.7 Å². The lowest BCUT2D eigenvalue weighted by atomic mass is 10.2. The topological polar surface area (TPSA) is 102 Å². The van der Waals surface area contributed by atoms with Crippen LogP contribution >= 0.6 is 0 Å². The Morgan fingerprint density at radius 3 is 2.96 bits per heavy atom. The van der Waals surface area contributed by atoms with Crippen LogP contribution in [0.4, 0.5) is 5.69 Å². The maximum Gasteiger partial charge on any atom is 0.266 e. The predicted octanol–water partition coefficient (Wildman–Crippen LogP) is 2.05. The quantitative estimate of drug-likeness (QED) is 0.575. The molecule has 0 fully saturated rings. The van der Waals surface area contributed by atoms with Crippen molar-refractivity contribution in [3.63, 3.8) is 0 Å². The first-order chi connectivity index (χ1) is 12.7. The number of hydrogen-bond donors (Lipinski definition) is 1. The summed E-state index contributed by atoms with van der Waals surface area (Å²) in [5, 5.41) is 12.1. The fourth-order valence-electron chi connectivity index (χ4n) is 2.58. The van der Waals surface area contributed by atoms with Crippen LogP contribution in [0.3, 0.4) is 0 Å². The Balaban J connectivity index is 1.59. The SMILES string of the molecule is N#CC(=Cc1cnc2cnccn12)C(=O)Nc1ccc2c(c1)OCCO2. The second-order valence-electron chi connectivity index (χ2n) is 5.47. The third-order valence-electron chi connectivity index (χ3n) is 3.80. The fraction of sp³-hybridized carbons (Fsp3) is 0.111. The van der Waals surface area contributed by atoms with E-state index in [1.54, 1.807) is 47.4 Å². The number of nitriles is 1. The second kappa shape index (κ2) is 6.57. The third-order valence-corrected chi connectivity index (χ3v) is 3.80. The number of rotatable bonds is 3. The molecular weight excluding hydrogens is 334 g/mol. The number of fused-ring (bicyclic) bond motifs is 2. The van der Waals surface area contributed by atoms with Gasteiger partial charge in [0, 0.05) is 24.1 Å². The van der Waals surface area contributed by atoms with Gasteiger partial charge in [-0.15, -0.1) is 0 Å². The molecule has 0 spiro atoms. The molecule has 1 aromatic carbocycles. The van der Waals surface area contributed by atoms with Crippen molar-refractivity contribution in [2.24, 2.45) is 0 Å². The van der Waals surface area contributed by atoms with E-state index >= 15 is 0 Å². The van der Waals surface area contributed by atoms with Crippen LogP contribution in [-0.2, 0) is 4.79 Å². The normalized spacial score (nSPS) is 13.3. The van der Waals surface area contributed by atoms with E-state index in [4.69, 9.17) is 9.47 Å². The Hall–Kier alpha value is -3.86. The van der Waals surface area contributed by atoms with E-state index in [9.17, 15) is 10.1 Å². The molecule has 2 aromatic heterocycles. The third kappa shape index (κ3) is 2.93. The Kier molecular flexibility index (Phi) is 3.95. The fourth-order valence-corrected chi connectivity index (χ4v) is 2.58. The first kappa shape index (κ1) is 15.7. The molecule has 0 unspecified atom stereocenters. The summed E-state index contributed by atoms with van der Waals surface area (Å²) in [5.41, 5.74) is 1.71. The van der Waals surface area contributed by atoms with E-state index in [0.29, 0.717) is 41.7 Å². The van der Waals surface area contributed by atoms with Crippen LogP contribution in [0.2, 0.25) is 0 Å². The molecule has 1 aliphatic rings. The van der Waals surface area contributed by atoms with Crippen molar-refractivity contribution in [1.29, 1.82) is 5.26 Å². The number of nitrogens with one attached hydrogen (secondary N) is 1. The monoisotopic (exact) mass is 347 g/mol. The minimum atomic E-state index is -0.520. The number of ether oxygens (including phenoxy) is 2. The minimum Gasteiger partial charge on any atom is -0.486 e. The summed E-state index contributed by atoms with van der Waals surface area (Å²) in [6, 6.07) is 7.01. The summed E-state index contributed by atoms with van der Waals surface area (Å²) in [7, 11) is 0. The highest BCUT2D eigenvalue weighted by Gasteiger charge is 2.15. The minimum absolute atomic E-state index is 0.0431.